The van der Waals surface area contributed by atoms with E-state index in [1.54, 1.807) is 0 Å². The minimum absolute atomic E-state index is 0.0158. The Kier molecular flexibility index (Phi) is 4.80. The number of phenols is 1. The molecule has 0 aromatic heterocycles. The van der Waals surface area contributed by atoms with Crippen molar-refractivity contribution in [1.82, 2.24) is 0 Å². The van der Waals surface area contributed by atoms with Crippen molar-refractivity contribution in [2.75, 3.05) is 0 Å². The van der Waals surface area contributed by atoms with E-state index in [9.17, 15) is 5.11 Å². The summed E-state index contributed by atoms with van der Waals surface area (Å²) in [4.78, 5) is 0. The monoisotopic (exact) mass is 332 g/mol. The molecule has 1 aromatic rings. The van der Waals surface area contributed by atoms with Crippen LogP contribution in [0.25, 0.3) is 0 Å². The maximum Gasteiger partial charge on any atom is 0.118 e. The van der Waals surface area contributed by atoms with Gasteiger partial charge in [0.25, 0.3) is 0 Å². The highest BCUT2D eigenvalue weighted by Crippen LogP contribution is 2.53. The third-order valence-corrected chi connectivity index (χ3v) is 11.5. The van der Waals surface area contributed by atoms with Crippen LogP contribution in [0.2, 0.25) is 18.6 Å². The molecule has 1 N–H and O–H groups in total. The van der Waals surface area contributed by atoms with Crippen LogP contribution < -0.4 is 5.19 Å². The largest absolute Gasteiger partial charge is 0.508 e. The van der Waals surface area contributed by atoms with Gasteiger partial charge in [0.2, 0.25) is 0 Å². The van der Waals surface area contributed by atoms with Crippen molar-refractivity contribution in [1.29, 1.82) is 0 Å². The lowest BCUT2D eigenvalue weighted by molar-refractivity contribution is 0.352. The lowest BCUT2D eigenvalue weighted by atomic mass is 9.86. The molecular weight excluding hydrogens is 296 g/mol. The Balaban J connectivity index is 2.53. The van der Waals surface area contributed by atoms with Crippen LogP contribution in [0.5, 0.6) is 5.75 Å². The molecule has 0 aliphatic heterocycles. The van der Waals surface area contributed by atoms with E-state index in [2.05, 4.69) is 79.8 Å². The number of aromatic hydroxyl groups is 1. The van der Waals surface area contributed by atoms with E-state index in [1.807, 2.05) is 0 Å². The molecule has 0 amide bonds. The molecule has 2 rings (SSSR count). The molecule has 1 fully saturated rings. The Labute approximate surface area is 144 Å². The van der Waals surface area contributed by atoms with Gasteiger partial charge in [0, 0.05) is 0 Å². The molecule has 1 aliphatic rings. The summed E-state index contributed by atoms with van der Waals surface area (Å²) in [5.74, 6) is 3.59. The molecule has 23 heavy (non-hydrogen) atoms. The Morgan fingerprint density at radius 2 is 1.35 bits per heavy atom. The summed E-state index contributed by atoms with van der Waals surface area (Å²) in [5, 5.41) is 12.3. The maximum atomic E-state index is 11.1. The summed E-state index contributed by atoms with van der Waals surface area (Å²) in [6.45, 7) is 21.2. The molecule has 4 atom stereocenters. The molecule has 0 spiro atoms. The Bertz CT molecular complexity index is 556. The van der Waals surface area contributed by atoms with Crippen molar-refractivity contribution in [2.45, 2.75) is 72.5 Å². The quantitative estimate of drug-likeness (QED) is 0.706. The van der Waals surface area contributed by atoms with Crippen LogP contribution in [-0.4, -0.2) is 13.2 Å². The minimum Gasteiger partial charge on any atom is -0.508 e. The van der Waals surface area contributed by atoms with E-state index < -0.39 is 8.07 Å². The molecule has 0 bridgehead atoms. The predicted molar refractivity (Wildman–Crippen MR) is 104 cm³/mol. The number of hydrogen-bond donors (Lipinski definition) is 1. The van der Waals surface area contributed by atoms with Gasteiger partial charge in [-0.3, -0.25) is 0 Å². The van der Waals surface area contributed by atoms with Gasteiger partial charge in [0.1, 0.15) is 5.75 Å². The fourth-order valence-electron chi connectivity index (χ4n) is 5.25. The van der Waals surface area contributed by atoms with Crippen LogP contribution in [0.4, 0.5) is 0 Å². The number of phenolic OH excluding ortho intramolecular Hbond substituents is 1. The highest BCUT2D eigenvalue weighted by Gasteiger charge is 2.50. The van der Waals surface area contributed by atoms with Gasteiger partial charge in [0.15, 0.2) is 0 Å². The molecule has 0 saturated heterocycles. The van der Waals surface area contributed by atoms with Crippen LogP contribution in [0, 0.1) is 23.7 Å². The second-order valence-corrected chi connectivity index (χ2v) is 14.3. The number of para-hydroxylation sites is 1. The summed E-state index contributed by atoms with van der Waals surface area (Å²) in [5.41, 5.74) is 1.81. The van der Waals surface area contributed by atoms with E-state index in [4.69, 9.17) is 0 Å². The SMILES string of the molecule is CC1C(C)C(C)C([Si](C)(C)c2cccc(C(C)(C)C)c2O)C1C. The third-order valence-electron chi connectivity index (χ3n) is 6.99. The summed E-state index contributed by atoms with van der Waals surface area (Å²) in [6.07, 6.45) is 0. The van der Waals surface area contributed by atoms with E-state index >= 15 is 0 Å². The first-order valence-electron chi connectivity index (χ1n) is 9.23. The van der Waals surface area contributed by atoms with Gasteiger partial charge in [-0.05, 0) is 45.4 Å². The maximum absolute atomic E-state index is 11.1. The van der Waals surface area contributed by atoms with Gasteiger partial charge >= 0.3 is 0 Å². The minimum atomic E-state index is -1.76. The third kappa shape index (κ3) is 2.99. The number of hydrogen-bond acceptors (Lipinski definition) is 1. The summed E-state index contributed by atoms with van der Waals surface area (Å²) in [7, 11) is -1.76. The first kappa shape index (κ1) is 18.6. The zero-order valence-electron chi connectivity index (χ0n) is 16.6. The molecule has 0 radical (unpaired) electrons. The lowest BCUT2D eigenvalue weighted by Crippen LogP contribution is -2.49. The molecular formula is C21H36OSi. The van der Waals surface area contributed by atoms with E-state index in [1.165, 1.54) is 5.19 Å². The average molecular weight is 333 g/mol. The molecule has 1 nitrogen and oxygen atoms in total. The van der Waals surface area contributed by atoms with Gasteiger partial charge in [-0.25, -0.2) is 0 Å². The van der Waals surface area contributed by atoms with Gasteiger partial charge in [-0.1, -0.05) is 79.8 Å². The molecule has 130 valence electrons. The molecule has 4 unspecified atom stereocenters. The average Bonchev–Trinajstić information content (AvgIpc) is 2.62. The van der Waals surface area contributed by atoms with Crippen molar-refractivity contribution < 1.29 is 5.11 Å². The number of rotatable bonds is 2. The normalized spacial score (nSPS) is 32.3. The Morgan fingerprint density at radius 1 is 0.870 bits per heavy atom. The topological polar surface area (TPSA) is 20.2 Å². The van der Waals surface area contributed by atoms with E-state index in [-0.39, 0.29) is 5.41 Å². The molecule has 0 heterocycles. The van der Waals surface area contributed by atoms with E-state index in [0.29, 0.717) is 5.75 Å². The molecule has 2 heteroatoms. The lowest BCUT2D eigenvalue weighted by Gasteiger charge is -2.38. The standard InChI is InChI=1S/C21H36OSi/c1-13-14(2)16(4)20(15(13)3)23(8,9)18-12-10-11-17(19(18)22)21(5,6)7/h10-16,20,22H,1-9H3. The molecule has 1 aliphatic carbocycles. The van der Waals surface area contributed by atoms with Gasteiger partial charge in [-0.15, -0.1) is 0 Å². The first-order valence-corrected chi connectivity index (χ1v) is 12.3. The highest BCUT2D eigenvalue weighted by atomic mass is 28.3. The fourth-order valence-corrected chi connectivity index (χ4v) is 10.1. The Hall–Kier alpha value is -0.763. The second-order valence-electron chi connectivity index (χ2n) is 9.64. The Morgan fingerprint density at radius 3 is 1.78 bits per heavy atom. The zero-order valence-corrected chi connectivity index (χ0v) is 17.6. The summed E-state index contributed by atoms with van der Waals surface area (Å²) in [6, 6.07) is 6.45. The fraction of sp³-hybridized carbons (Fsp3) is 0.714. The van der Waals surface area contributed by atoms with Crippen molar-refractivity contribution in [3.63, 3.8) is 0 Å². The predicted octanol–water partition coefficient (Wildman–Crippen LogP) is 5.53. The highest BCUT2D eigenvalue weighted by molar-refractivity contribution is 6.91. The summed E-state index contributed by atoms with van der Waals surface area (Å²) >= 11 is 0. The van der Waals surface area contributed by atoms with Crippen molar-refractivity contribution in [3.8, 4) is 5.75 Å². The number of benzene rings is 1. The van der Waals surface area contributed by atoms with Crippen molar-refractivity contribution in [3.05, 3.63) is 23.8 Å². The second kappa shape index (κ2) is 5.95. The first-order chi connectivity index (χ1) is 10.4. The molecule has 1 saturated carbocycles. The van der Waals surface area contributed by atoms with E-state index in [0.717, 1.165) is 34.8 Å². The van der Waals surface area contributed by atoms with Gasteiger partial charge in [-0.2, -0.15) is 0 Å². The smallest absolute Gasteiger partial charge is 0.118 e. The van der Waals surface area contributed by atoms with Crippen molar-refractivity contribution in [2.24, 2.45) is 23.7 Å². The zero-order chi connectivity index (χ0) is 17.7. The van der Waals surface area contributed by atoms with Gasteiger partial charge < -0.3 is 5.11 Å². The van der Waals surface area contributed by atoms with Crippen LogP contribution in [-0.2, 0) is 5.41 Å². The van der Waals surface area contributed by atoms with Crippen LogP contribution >= 0.6 is 0 Å². The van der Waals surface area contributed by atoms with Crippen LogP contribution in [0.1, 0.15) is 54.0 Å². The molecule has 1 aromatic carbocycles. The van der Waals surface area contributed by atoms with Crippen LogP contribution in [0.3, 0.4) is 0 Å². The van der Waals surface area contributed by atoms with Crippen molar-refractivity contribution >= 4 is 13.3 Å². The van der Waals surface area contributed by atoms with Crippen LogP contribution in [0.15, 0.2) is 18.2 Å². The summed E-state index contributed by atoms with van der Waals surface area (Å²) < 4.78 is 0. The van der Waals surface area contributed by atoms with Gasteiger partial charge in [0.05, 0.1) is 8.07 Å².